The van der Waals surface area contributed by atoms with Crippen LogP contribution < -0.4 is 5.43 Å². The Bertz CT molecular complexity index is 1120. The van der Waals surface area contributed by atoms with Crippen molar-refractivity contribution >= 4 is 22.1 Å². The number of benzene rings is 3. The molecule has 0 aliphatic carbocycles. The summed E-state index contributed by atoms with van der Waals surface area (Å²) in [4.78, 5) is 12.3. The lowest BCUT2D eigenvalue weighted by molar-refractivity contribution is 0.0955. The Morgan fingerprint density at radius 3 is 2.21 bits per heavy atom. The summed E-state index contributed by atoms with van der Waals surface area (Å²) < 4.78 is 25.5. The number of hydrazone groups is 1. The van der Waals surface area contributed by atoms with Crippen molar-refractivity contribution in [2.45, 2.75) is 4.90 Å². The highest BCUT2D eigenvalue weighted by molar-refractivity contribution is 7.89. The van der Waals surface area contributed by atoms with E-state index in [1.165, 1.54) is 44.6 Å². The molecule has 3 rings (SSSR count). The topological polar surface area (TPSA) is 78.8 Å². The monoisotopic (exact) mass is 407 g/mol. The molecule has 0 saturated heterocycles. The molecule has 0 radical (unpaired) electrons. The molecular weight excluding hydrogens is 386 g/mol. The summed E-state index contributed by atoms with van der Waals surface area (Å²) >= 11 is 0. The molecule has 1 amide bonds. The SMILES string of the molecule is CN(C)S(=O)(=O)c1cccc(C(=O)N/N=C\c2ccc(-c3ccccc3)cc2)c1. The van der Waals surface area contributed by atoms with Crippen molar-refractivity contribution in [1.29, 1.82) is 0 Å². The molecule has 6 nitrogen and oxygen atoms in total. The van der Waals surface area contributed by atoms with Gasteiger partial charge in [0.1, 0.15) is 0 Å². The molecule has 0 saturated carbocycles. The lowest BCUT2D eigenvalue weighted by atomic mass is 10.0. The number of sulfonamides is 1. The Hall–Kier alpha value is -3.29. The zero-order valence-electron chi connectivity index (χ0n) is 16.1. The van der Waals surface area contributed by atoms with Gasteiger partial charge in [-0.15, -0.1) is 0 Å². The van der Waals surface area contributed by atoms with E-state index >= 15 is 0 Å². The van der Waals surface area contributed by atoms with Crippen LogP contribution in [-0.4, -0.2) is 38.9 Å². The fourth-order valence-electron chi connectivity index (χ4n) is 2.63. The first-order valence-corrected chi connectivity index (χ1v) is 10.3. The third-order valence-corrected chi connectivity index (χ3v) is 6.08. The van der Waals surface area contributed by atoms with Crippen LogP contribution >= 0.6 is 0 Å². The number of rotatable bonds is 6. The molecule has 1 N–H and O–H groups in total. The molecule has 3 aromatic rings. The van der Waals surface area contributed by atoms with Crippen molar-refractivity contribution in [3.8, 4) is 11.1 Å². The summed E-state index contributed by atoms with van der Waals surface area (Å²) in [6, 6.07) is 23.6. The van der Waals surface area contributed by atoms with Gasteiger partial charge in [0.05, 0.1) is 11.1 Å². The lowest BCUT2D eigenvalue weighted by Gasteiger charge is -2.11. The maximum Gasteiger partial charge on any atom is 0.271 e. The standard InChI is InChI=1S/C22H21N3O3S/c1-25(2)29(27,28)21-10-6-9-20(15-21)22(26)24-23-16-17-11-13-19(14-12-17)18-7-4-3-5-8-18/h3-16H,1-2H3,(H,24,26)/b23-16-. The number of nitrogens with zero attached hydrogens (tertiary/aromatic N) is 2. The highest BCUT2D eigenvalue weighted by Crippen LogP contribution is 2.18. The molecule has 0 fully saturated rings. The number of nitrogens with one attached hydrogen (secondary N) is 1. The average Bonchev–Trinajstić information content (AvgIpc) is 2.75. The van der Waals surface area contributed by atoms with Gasteiger partial charge in [0.2, 0.25) is 10.0 Å². The van der Waals surface area contributed by atoms with E-state index in [4.69, 9.17) is 0 Å². The Balaban J connectivity index is 1.67. The minimum atomic E-state index is -3.61. The van der Waals surface area contributed by atoms with E-state index in [1.54, 1.807) is 0 Å². The molecule has 0 atom stereocenters. The molecule has 0 heterocycles. The number of hydrogen-bond acceptors (Lipinski definition) is 4. The Kier molecular flexibility index (Phi) is 6.21. The molecule has 0 aliphatic heterocycles. The van der Waals surface area contributed by atoms with Crippen molar-refractivity contribution in [2.75, 3.05) is 14.1 Å². The number of carbonyl (C=O) groups excluding carboxylic acids is 1. The van der Waals surface area contributed by atoms with E-state index in [2.05, 4.69) is 10.5 Å². The van der Waals surface area contributed by atoms with E-state index < -0.39 is 15.9 Å². The molecule has 0 aliphatic rings. The fraction of sp³-hybridized carbons (Fsp3) is 0.0909. The number of amides is 1. The maximum atomic E-state index is 12.3. The van der Waals surface area contributed by atoms with Crippen LogP contribution in [0.4, 0.5) is 0 Å². The molecule has 0 spiro atoms. The summed E-state index contributed by atoms with van der Waals surface area (Å²) in [6.07, 6.45) is 1.53. The first kappa shape index (κ1) is 20.4. The second-order valence-electron chi connectivity index (χ2n) is 6.50. The first-order chi connectivity index (χ1) is 13.9. The molecule has 7 heteroatoms. The van der Waals surface area contributed by atoms with Gasteiger partial charge in [-0.05, 0) is 34.9 Å². The van der Waals surface area contributed by atoms with Crippen LogP contribution in [0.2, 0.25) is 0 Å². The van der Waals surface area contributed by atoms with Crippen molar-refractivity contribution in [3.05, 3.63) is 90.0 Å². The number of carbonyl (C=O) groups is 1. The Morgan fingerprint density at radius 1 is 0.897 bits per heavy atom. The smallest absolute Gasteiger partial charge is 0.267 e. The maximum absolute atomic E-state index is 12.3. The molecule has 0 aromatic heterocycles. The van der Waals surface area contributed by atoms with Crippen molar-refractivity contribution in [3.63, 3.8) is 0 Å². The van der Waals surface area contributed by atoms with Crippen LogP contribution in [-0.2, 0) is 10.0 Å². The van der Waals surface area contributed by atoms with Crippen molar-refractivity contribution < 1.29 is 13.2 Å². The van der Waals surface area contributed by atoms with E-state index in [0.717, 1.165) is 21.0 Å². The van der Waals surface area contributed by atoms with E-state index in [-0.39, 0.29) is 10.5 Å². The number of hydrogen-bond donors (Lipinski definition) is 1. The molecule has 3 aromatic carbocycles. The quantitative estimate of drug-likeness (QED) is 0.503. The van der Waals surface area contributed by atoms with Crippen LogP contribution in [0.15, 0.2) is 88.9 Å². The summed E-state index contributed by atoms with van der Waals surface area (Å²) in [5.41, 5.74) is 5.67. The van der Waals surface area contributed by atoms with Crippen LogP contribution in [0.3, 0.4) is 0 Å². The summed E-state index contributed by atoms with van der Waals surface area (Å²) in [5, 5.41) is 3.96. The summed E-state index contributed by atoms with van der Waals surface area (Å²) in [5.74, 6) is -0.488. The van der Waals surface area contributed by atoms with Gasteiger partial charge < -0.3 is 0 Å². The van der Waals surface area contributed by atoms with E-state index in [1.807, 2.05) is 54.6 Å². The van der Waals surface area contributed by atoms with Crippen LogP contribution in [0.5, 0.6) is 0 Å². The van der Waals surface area contributed by atoms with Gasteiger partial charge in [0.25, 0.3) is 5.91 Å². The minimum absolute atomic E-state index is 0.0515. The van der Waals surface area contributed by atoms with Crippen molar-refractivity contribution in [1.82, 2.24) is 9.73 Å². The molecule has 0 bridgehead atoms. The van der Waals surface area contributed by atoms with Crippen LogP contribution in [0.25, 0.3) is 11.1 Å². The second kappa shape index (κ2) is 8.81. The zero-order chi connectivity index (χ0) is 20.9. The normalized spacial score (nSPS) is 11.7. The predicted octanol–water partition coefficient (Wildman–Crippen LogP) is 3.37. The van der Waals surface area contributed by atoms with Crippen LogP contribution in [0, 0.1) is 0 Å². The highest BCUT2D eigenvalue weighted by Gasteiger charge is 2.18. The van der Waals surface area contributed by atoms with Gasteiger partial charge >= 0.3 is 0 Å². The largest absolute Gasteiger partial charge is 0.271 e. The lowest BCUT2D eigenvalue weighted by Crippen LogP contribution is -2.23. The third kappa shape index (κ3) is 4.96. The zero-order valence-corrected chi connectivity index (χ0v) is 16.9. The predicted molar refractivity (Wildman–Crippen MR) is 114 cm³/mol. The average molecular weight is 407 g/mol. The Labute approximate surface area is 170 Å². The van der Waals surface area contributed by atoms with E-state index in [9.17, 15) is 13.2 Å². The van der Waals surface area contributed by atoms with E-state index in [0.29, 0.717) is 0 Å². The van der Waals surface area contributed by atoms with Gasteiger partial charge in [-0.2, -0.15) is 5.10 Å². The summed E-state index contributed by atoms with van der Waals surface area (Å²) in [6.45, 7) is 0. The van der Waals surface area contributed by atoms with Gasteiger partial charge in [-0.25, -0.2) is 18.1 Å². The summed E-state index contributed by atoms with van der Waals surface area (Å²) in [7, 11) is -0.729. The van der Waals surface area contributed by atoms with Gasteiger partial charge in [-0.1, -0.05) is 60.7 Å². The first-order valence-electron chi connectivity index (χ1n) is 8.89. The van der Waals surface area contributed by atoms with Gasteiger partial charge in [-0.3, -0.25) is 4.79 Å². The van der Waals surface area contributed by atoms with Crippen LogP contribution in [0.1, 0.15) is 15.9 Å². The van der Waals surface area contributed by atoms with Gasteiger partial charge in [0.15, 0.2) is 0 Å². The molecule has 0 unspecified atom stereocenters. The molecule has 29 heavy (non-hydrogen) atoms. The highest BCUT2D eigenvalue weighted by atomic mass is 32.2. The van der Waals surface area contributed by atoms with Gasteiger partial charge in [0, 0.05) is 19.7 Å². The fourth-order valence-corrected chi connectivity index (χ4v) is 3.58. The molecular formula is C22H21N3O3S. The minimum Gasteiger partial charge on any atom is -0.267 e. The second-order valence-corrected chi connectivity index (χ2v) is 8.65. The molecule has 148 valence electrons. The van der Waals surface area contributed by atoms with Crippen molar-refractivity contribution in [2.24, 2.45) is 5.10 Å². The Morgan fingerprint density at radius 2 is 1.55 bits per heavy atom. The third-order valence-electron chi connectivity index (χ3n) is 4.27.